The molecule has 2 nitrogen and oxygen atoms in total. The highest BCUT2D eigenvalue weighted by Crippen LogP contribution is 2.38. The Hall–Kier alpha value is -0.760. The van der Waals surface area contributed by atoms with Crippen molar-refractivity contribution in [1.82, 2.24) is 5.32 Å². The van der Waals surface area contributed by atoms with Gasteiger partial charge in [-0.2, -0.15) is 0 Å². The molecule has 88 valence electrons. The summed E-state index contributed by atoms with van der Waals surface area (Å²) in [5.41, 5.74) is 1.45. The fourth-order valence-corrected chi connectivity index (χ4v) is 3.38. The fraction of sp³-hybridized carbons (Fsp3) is 0.714. The van der Waals surface area contributed by atoms with Gasteiger partial charge in [-0.1, -0.05) is 19.3 Å². The molecule has 1 N–H and O–H groups in total. The van der Waals surface area contributed by atoms with Crippen LogP contribution in [0.2, 0.25) is 0 Å². The standard InChI is InChI=1S/C14H21NO/c1-10-9-12-13(16-10)7-8-15-14(12)11-5-3-2-4-6-11/h9,11,14-15H,2-8H2,1H3. The number of hydrogen-bond acceptors (Lipinski definition) is 2. The van der Waals surface area contributed by atoms with Gasteiger partial charge in [0.15, 0.2) is 0 Å². The van der Waals surface area contributed by atoms with Gasteiger partial charge in [-0.05, 0) is 31.7 Å². The maximum Gasteiger partial charge on any atom is 0.110 e. The van der Waals surface area contributed by atoms with E-state index in [2.05, 4.69) is 18.3 Å². The van der Waals surface area contributed by atoms with Crippen molar-refractivity contribution in [1.29, 1.82) is 0 Å². The molecule has 1 fully saturated rings. The van der Waals surface area contributed by atoms with Crippen molar-refractivity contribution in [2.24, 2.45) is 5.92 Å². The molecule has 2 aliphatic rings. The second kappa shape index (κ2) is 4.25. The van der Waals surface area contributed by atoms with Crippen LogP contribution in [-0.2, 0) is 6.42 Å². The van der Waals surface area contributed by atoms with E-state index in [1.54, 1.807) is 0 Å². The van der Waals surface area contributed by atoms with Gasteiger partial charge in [0.05, 0.1) is 0 Å². The molecule has 0 saturated heterocycles. The third kappa shape index (κ3) is 1.80. The average molecular weight is 219 g/mol. The second-order valence-corrected chi connectivity index (χ2v) is 5.32. The molecule has 16 heavy (non-hydrogen) atoms. The number of nitrogens with one attached hydrogen (secondary N) is 1. The van der Waals surface area contributed by atoms with Gasteiger partial charge >= 0.3 is 0 Å². The van der Waals surface area contributed by atoms with Gasteiger partial charge in [-0.15, -0.1) is 0 Å². The highest BCUT2D eigenvalue weighted by Gasteiger charge is 2.30. The Balaban J connectivity index is 1.85. The zero-order valence-corrected chi connectivity index (χ0v) is 10.1. The summed E-state index contributed by atoms with van der Waals surface area (Å²) in [5.74, 6) is 3.16. The minimum absolute atomic E-state index is 0.571. The van der Waals surface area contributed by atoms with E-state index in [0.29, 0.717) is 6.04 Å². The molecule has 1 atom stereocenters. The van der Waals surface area contributed by atoms with E-state index in [1.807, 2.05) is 0 Å². The molecular weight excluding hydrogens is 198 g/mol. The van der Waals surface area contributed by atoms with Crippen molar-refractivity contribution in [2.75, 3.05) is 6.54 Å². The summed E-state index contributed by atoms with van der Waals surface area (Å²) in [6.07, 6.45) is 8.10. The molecule has 1 aromatic heterocycles. The van der Waals surface area contributed by atoms with Crippen LogP contribution in [0, 0.1) is 12.8 Å². The van der Waals surface area contributed by atoms with Crippen molar-refractivity contribution in [3.8, 4) is 0 Å². The summed E-state index contributed by atoms with van der Waals surface area (Å²) in [7, 11) is 0. The first kappa shape index (κ1) is 10.4. The molecule has 0 bridgehead atoms. The van der Waals surface area contributed by atoms with Crippen molar-refractivity contribution in [3.63, 3.8) is 0 Å². The molecule has 1 unspecified atom stereocenters. The molecule has 1 saturated carbocycles. The topological polar surface area (TPSA) is 25.2 Å². The van der Waals surface area contributed by atoms with Crippen LogP contribution in [0.25, 0.3) is 0 Å². The molecule has 1 aliphatic carbocycles. The minimum atomic E-state index is 0.571. The van der Waals surface area contributed by atoms with E-state index >= 15 is 0 Å². The molecule has 0 radical (unpaired) electrons. The zero-order valence-electron chi connectivity index (χ0n) is 10.1. The lowest BCUT2D eigenvalue weighted by Gasteiger charge is -2.33. The fourth-order valence-electron chi connectivity index (χ4n) is 3.38. The maximum absolute atomic E-state index is 5.79. The Morgan fingerprint density at radius 1 is 1.25 bits per heavy atom. The monoisotopic (exact) mass is 219 g/mol. The molecule has 2 heteroatoms. The van der Waals surface area contributed by atoms with E-state index in [9.17, 15) is 0 Å². The predicted molar refractivity (Wildman–Crippen MR) is 64.5 cm³/mol. The summed E-state index contributed by atoms with van der Waals surface area (Å²) in [4.78, 5) is 0. The molecule has 1 aliphatic heterocycles. The van der Waals surface area contributed by atoms with Crippen LogP contribution in [0.3, 0.4) is 0 Å². The first-order valence-electron chi connectivity index (χ1n) is 6.67. The Labute approximate surface area is 97.4 Å². The lowest BCUT2D eigenvalue weighted by Crippen LogP contribution is -2.34. The molecule has 0 amide bonds. The SMILES string of the molecule is Cc1cc2c(o1)CCNC2C1CCCCC1. The number of furan rings is 1. The van der Waals surface area contributed by atoms with Gasteiger partial charge < -0.3 is 9.73 Å². The van der Waals surface area contributed by atoms with Crippen molar-refractivity contribution in [2.45, 2.75) is 51.5 Å². The second-order valence-electron chi connectivity index (χ2n) is 5.32. The molecule has 1 aromatic rings. The Bertz CT molecular complexity index is 363. The summed E-state index contributed by atoms with van der Waals surface area (Å²) in [5, 5.41) is 3.70. The summed E-state index contributed by atoms with van der Waals surface area (Å²) in [6.45, 7) is 3.15. The van der Waals surface area contributed by atoms with E-state index in [-0.39, 0.29) is 0 Å². The van der Waals surface area contributed by atoms with Crippen LogP contribution in [0.15, 0.2) is 10.5 Å². The van der Waals surface area contributed by atoms with E-state index in [4.69, 9.17) is 4.42 Å². The summed E-state index contributed by atoms with van der Waals surface area (Å²) in [6, 6.07) is 2.82. The van der Waals surface area contributed by atoms with E-state index < -0.39 is 0 Å². The van der Waals surface area contributed by atoms with Gasteiger partial charge in [0.2, 0.25) is 0 Å². The number of aryl methyl sites for hydroxylation is 1. The predicted octanol–water partition coefficient (Wildman–Crippen LogP) is 3.36. The lowest BCUT2D eigenvalue weighted by atomic mass is 9.80. The smallest absolute Gasteiger partial charge is 0.110 e. The van der Waals surface area contributed by atoms with Crippen LogP contribution < -0.4 is 5.32 Å². The van der Waals surface area contributed by atoms with Gasteiger partial charge in [-0.3, -0.25) is 0 Å². The zero-order chi connectivity index (χ0) is 11.0. The van der Waals surface area contributed by atoms with Gasteiger partial charge in [0, 0.05) is 24.6 Å². The highest BCUT2D eigenvalue weighted by molar-refractivity contribution is 5.28. The number of fused-ring (bicyclic) bond motifs is 1. The number of rotatable bonds is 1. The van der Waals surface area contributed by atoms with Gasteiger partial charge in [0.25, 0.3) is 0 Å². The first-order chi connectivity index (χ1) is 7.84. The van der Waals surface area contributed by atoms with Crippen molar-refractivity contribution < 1.29 is 4.42 Å². The van der Waals surface area contributed by atoms with Crippen LogP contribution in [0.5, 0.6) is 0 Å². The molecule has 3 rings (SSSR count). The summed E-state index contributed by atoms with van der Waals surface area (Å²) >= 11 is 0. The average Bonchev–Trinajstić information content (AvgIpc) is 2.70. The normalized spacial score (nSPS) is 26.7. The highest BCUT2D eigenvalue weighted by atomic mass is 16.3. The quantitative estimate of drug-likeness (QED) is 0.783. The molecule has 0 spiro atoms. The molecule has 0 aromatic carbocycles. The van der Waals surface area contributed by atoms with Crippen molar-refractivity contribution >= 4 is 0 Å². The van der Waals surface area contributed by atoms with Gasteiger partial charge in [0.1, 0.15) is 11.5 Å². The number of hydrogen-bond donors (Lipinski definition) is 1. The van der Waals surface area contributed by atoms with E-state index in [1.165, 1.54) is 43.4 Å². The largest absolute Gasteiger partial charge is 0.466 e. The van der Waals surface area contributed by atoms with Gasteiger partial charge in [-0.25, -0.2) is 0 Å². The van der Waals surface area contributed by atoms with E-state index in [0.717, 1.165) is 24.6 Å². The lowest BCUT2D eigenvalue weighted by molar-refractivity contribution is 0.258. The van der Waals surface area contributed by atoms with Crippen LogP contribution in [0.4, 0.5) is 0 Å². The third-order valence-corrected chi connectivity index (χ3v) is 4.14. The van der Waals surface area contributed by atoms with Crippen LogP contribution in [0.1, 0.15) is 55.2 Å². The Morgan fingerprint density at radius 3 is 2.88 bits per heavy atom. The Kier molecular flexibility index (Phi) is 2.76. The summed E-state index contributed by atoms with van der Waals surface area (Å²) < 4.78 is 5.79. The van der Waals surface area contributed by atoms with Crippen molar-refractivity contribution in [3.05, 3.63) is 23.2 Å². The minimum Gasteiger partial charge on any atom is -0.466 e. The Morgan fingerprint density at radius 2 is 2.06 bits per heavy atom. The van der Waals surface area contributed by atoms with Crippen LogP contribution in [-0.4, -0.2) is 6.54 Å². The molecular formula is C14H21NO. The molecule has 2 heterocycles. The first-order valence-corrected chi connectivity index (χ1v) is 6.67. The van der Waals surface area contributed by atoms with Crippen LogP contribution >= 0.6 is 0 Å². The maximum atomic E-state index is 5.79. The third-order valence-electron chi connectivity index (χ3n) is 4.14.